The average Bonchev–Trinajstić information content (AvgIpc) is 2.83. The van der Waals surface area contributed by atoms with Crippen LogP contribution in [-0.2, 0) is 10.0 Å². The lowest BCUT2D eigenvalue weighted by Crippen LogP contribution is -2.46. The van der Waals surface area contributed by atoms with Gasteiger partial charge in [-0.2, -0.15) is 4.31 Å². The SMILES string of the molecule is O=S(=O)(c1c(Cl)cc(Cl)cc1Cl)N1CCC2NCCC2C1. The average molecular weight is 370 g/mol. The number of benzene rings is 1. The Balaban J connectivity index is 1.94. The number of hydrogen-bond acceptors (Lipinski definition) is 3. The van der Waals surface area contributed by atoms with E-state index in [1.165, 1.54) is 16.4 Å². The van der Waals surface area contributed by atoms with E-state index < -0.39 is 10.0 Å². The number of sulfonamides is 1. The third-order valence-electron chi connectivity index (χ3n) is 4.18. The summed E-state index contributed by atoms with van der Waals surface area (Å²) in [4.78, 5) is -0.0420. The fourth-order valence-corrected chi connectivity index (χ4v) is 6.14. The molecule has 2 unspecified atom stereocenters. The van der Waals surface area contributed by atoms with Crippen molar-refractivity contribution in [2.75, 3.05) is 19.6 Å². The van der Waals surface area contributed by atoms with E-state index >= 15 is 0 Å². The van der Waals surface area contributed by atoms with Crippen LogP contribution < -0.4 is 5.32 Å². The summed E-state index contributed by atoms with van der Waals surface area (Å²) in [6.45, 7) is 1.94. The van der Waals surface area contributed by atoms with E-state index in [0.29, 0.717) is 30.1 Å². The van der Waals surface area contributed by atoms with Crippen LogP contribution in [0.1, 0.15) is 12.8 Å². The zero-order valence-electron chi connectivity index (χ0n) is 11.2. The largest absolute Gasteiger partial charge is 0.314 e. The molecule has 1 N–H and O–H groups in total. The molecule has 0 amide bonds. The highest BCUT2D eigenvalue weighted by atomic mass is 35.5. The van der Waals surface area contributed by atoms with E-state index in [1.807, 2.05) is 0 Å². The number of hydrogen-bond donors (Lipinski definition) is 1. The van der Waals surface area contributed by atoms with Crippen LogP contribution in [0, 0.1) is 5.92 Å². The number of piperidine rings is 1. The first-order valence-electron chi connectivity index (χ1n) is 6.77. The molecule has 0 aliphatic carbocycles. The Morgan fingerprint density at radius 1 is 1.14 bits per heavy atom. The van der Waals surface area contributed by atoms with Crippen LogP contribution in [0.3, 0.4) is 0 Å². The summed E-state index contributed by atoms with van der Waals surface area (Å²) in [6.07, 6.45) is 1.81. The molecule has 2 aliphatic heterocycles. The maximum absolute atomic E-state index is 12.8. The van der Waals surface area contributed by atoms with Gasteiger partial charge in [-0.3, -0.25) is 0 Å². The molecule has 4 nitrogen and oxygen atoms in total. The summed E-state index contributed by atoms with van der Waals surface area (Å²) in [5.74, 6) is 0.360. The third-order valence-corrected chi connectivity index (χ3v) is 7.18. The molecule has 0 saturated carbocycles. The second kappa shape index (κ2) is 5.87. The van der Waals surface area contributed by atoms with E-state index in [9.17, 15) is 8.42 Å². The highest BCUT2D eigenvalue weighted by Crippen LogP contribution is 2.36. The minimum absolute atomic E-state index is 0.0420. The van der Waals surface area contributed by atoms with Gasteiger partial charge in [-0.15, -0.1) is 0 Å². The van der Waals surface area contributed by atoms with Crippen molar-refractivity contribution in [1.29, 1.82) is 0 Å². The Kier molecular flexibility index (Phi) is 4.43. The van der Waals surface area contributed by atoms with E-state index in [-0.39, 0.29) is 14.9 Å². The van der Waals surface area contributed by atoms with Crippen LogP contribution in [0.15, 0.2) is 17.0 Å². The zero-order valence-corrected chi connectivity index (χ0v) is 14.2. The first-order chi connectivity index (χ1) is 9.89. The van der Waals surface area contributed by atoms with Gasteiger partial charge in [0, 0.05) is 24.2 Å². The van der Waals surface area contributed by atoms with Crippen molar-refractivity contribution in [3.63, 3.8) is 0 Å². The molecule has 0 spiro atoms. The molecule has 1 aromatic carbocycles. The molecule has 0 aromatic heterocycles. The number of nitrogens with one attached hydrogen (secondary N) is 1. The molecule has 116 valence electrons. The molecule has 1 aromatic rings. The van der Waals surface area contributed by atoms with Gasteiger partial charge >= 0.3 is 0 Å². The molecule has 2 fully saturated rings. The molecule has 2 atom stereocenters. The molecule has 3 rings (SSSR count). The normalized spacial score (nSPS) is 26.8. The van der Waals surface area contributed by atoms with Crippen LogP contribution in [0.5, 0.6) is 0 Å². The van der Waals surface area contributed by atoms with Gasteiger partial charge in [-0.1, -0.05) is 34.8 Å². The number of halogens is 3. The molecular formula is C13H15Cl3N2O2S. The van der Waals surface area contributed by atoms with E-state index in [1.54, 1.807) is 0 Å². The summed E-state index contributed by atoms with van der Waals surface area (Å²) in [6, 6.07) is 3.24. The Morgan fingerprint density at radius 3 is 2.48 bits per heavy atom. The Bertz CT molecular complexity index is 642. The maximum atomic E-state index is 12.8. The fraction of sp³-hybridized carbons (Fsp3) is 0.538. The van der Waals surface area contributed by atoms with Crippen molar-refractivity contribution in [2.45, 2.75) is 23.8 Å². The minimum Gasteiger partial charge on any atom is -0.314 e. The van der Waals surface area contributed by atoms with Gasteiger partial charge in [0.2, 0.25) is 10.0 Å². The summed E-state index contributed by atoms with van der Waals surface area (Å²) in [5.41, 5.74) is 0. The van der Waals surface area contributed by atoms with Crippen LogP contribution in [-0.4, -0.2) is 38.4 Å². The van der Waals surface area contributed by atoms with E-state index in [2.05, 4.69) is 5.32 Å². The molecule has 2 aliphatic rings. The minimum atomic E-state index is -3.70. The van der Waals surface area contributed by atoms with Gasteiger partial charge in [-0.25, -0.2) is 8.42 Å². The van der Waals surface area contributed by atoms with Crippen molar-refractivity contribution < 1.29 is 8.42 Å². The quantitative estimate of drug-likeness (QED) is 0.872. The highest BCUT2D eigenvalue weighted by Gasteiger charge is 2.39. The van der Waals surface area contributed by atoms with Crippen molar-refractivity contribution in [3.05, 3.63) is 27.2 Å². The second-order valence-corrected chi connectivity index (χ2v) is 8.59. The van der Waals surface area contributed by atoms with Gasteiger partial charge in [0.1, 0.15) is 4.90 Å². The molecule has 0 bridgehead atoms. The molecule has 2 saturated heterocycles. The van der Waals surface area contributed by atoms with Crippen molar-refractivity contribution >= 4 is 44.8 Å². The van der Waals surface area contributed by atoms with Crippen LogP contribution >= 0.6 is 34.8 Å². The predicted octanol–water partition coefficient (Wildman–Crippen LogP) is 3.02. The second-order valence-electron chi connectivity index (χ2n) is 5.46. The maximum Gasteiger partial charge on any atom is 0.246 e. The molecule has 0 radical (unpaired) electrons. The first-order valence-corrected chi connectivity index (χ1v) is 9.35. The van der Waals surface area contributed by atoms with Gasteiger partial charge in [0.15, 0.2) is 0 Å². The first kappa shape index (κ1) is 15.8. The van der Waals surface area contributed by atoms with E-state index in [0.717, 1.165) is 19.4 Å². The Labute approximate surface area is 139 Å². The molecule has 2 heterocycles. The zero-order chi connectivity index (χ0) is 15.2. The van der Waals surface area contributed by atoms with Gasteiger partial charge < -0.3 is 5.32 Å². The fourth-order valence-electron chi connectivity index (χ4n) is 3.14. The number of nitrogens with zero attached hydrogens (tertiary/aromatic N) is 1. The lowest BCUT2D eigenvalue weighted by Gasteiger charge is -2.34. The summed E-state index contributed by atoms with van der Waals surface area (Å²) in [7, 11) is -3.70. The van der Waals surface area contributed by atoms with Crippen molar-refractivity contribution in [3.8, 4) is 0 Å². The third kappa shape index (κ3) is 2.92. The van der Waals surface area contributed by atoms with E-state index in [4.69, 9.17) is 34.8 Å². The molecule has 21 heavy (non-hydrogen) atoms. The lowest BCUT2D eigenvalue weighted by atomic mass is 9.95. The Morgan fingerprint density at radius 2 is 1.81 bits per heavy atom. The van der Waals surface area contributed by atoms with Gasteiger partial charge in [0.25, 0.3) is 0 Å². The number of rotatable bonds is 2. The number of fused-ring (bicyclic) bond motifs is 1. The summed E-state index contributed by atoms with van der Waals surface area (Å²) < 4.78 is 27.1. The smallest absolute Gasteiger partial charge is 0.246 e. The molecule has 8 heteroatoms. The summed E-state index contributed by atoms with van der Waals surface area (Å²) in [5, 5.41) is 3.87. The molecular weight excluding hydrogens is 355 g/mol. The van der Waals surface area contributed by atoms with Crippen molar-refractivity contribution in [1.82, 2.24) is 9.62 Å². The highest BCUT2D eigenvalue weighted by molar-refractivity contribution is 7.89. The predicted molar refractivity (Wildman–Crippen MR) is 84.7 cm³/mol. The summed E-state index contributed by atoms with van der Waals surface area (Å²) >= 11 is 18.0. The standard InChI is InChI=1S/C13H15Cl3N2O2S/c14-9-5-10(15)13(11(16)6-9)21(19,20)18-4-2-12-8(7-18)1-3-17-12/h5-6,8,12,17H,1-4,7H2. The van der Waals surface area contributed by atoms with Crippen LogP contribution in [0.2, 0.25) is 15.1 Å². The Hall–Kier alpha value is -0.0400. The monoisotopic (exact) mass is 368 g/mol. The lowest BCUT2D eigenvalue weighted by molar-refractivity contribution is 0.247. The van der Waals surface area contributed by atoms with Gasteiger partial charge in [-0.05, 0) is 37.4 Å². The van der Waals surface area contributed by atoms with Gasteiger partial charge in [0.05, 0.1) is 10.0 Å². The van der Waals surface area contributed by atoms with Crippen molar-refractivity contribution in [2.24, 2.45) is 5.92 Å². The van der Waals surface area contributed by atoms with Crippen LogP contribution in [0.25, 0.3) is 0 Å². The van der Waals surface area contributed by atoms with Crippen LogP contribution in [0.4, 0.5) is 0 Å². The topological polar surface area (TPSA) is 49.4 Å².